The van der Waals surface area contributed by atoms with Gasteiger partial charge in [0.25, 0.3) is 0 Å². The number of likely N-dealkylation sites (tertiary alicyclic amines) is 1. The highest BCUT2D eigenvalue weighted by Gasteiger charge is 2.44. The number of allylic oxidation sites excluding steroid dienone is 2. The van der Waals surface area contributed by atoms with E-state index in [0.29, 0.717) is 43.5 Å². The van der Waals surface area contributed by atoms with Crippen molar-refractivity contribution in [2.24, 2.45) is 41.1 Å². The molecule has 12 atom stereocenters. The number of benzene rings is 1. The van der Waals surface area contributed by atoms with E-state index in [4.69, 9.17) is 25.7 Å². The quantitative estimate of drug-likeness (QED) is 0.0481. The number of ether oxygens (including phenoxy) is 3. The molecule has 1 aliphatic heterocycles. The van der Waals surface area contributed by atoms with Crippen LogP contribution in [0.5, 0.6) is 0 Å². The number of anilines is 1. The molecule has 0 radical (unpaired) electrons. The average molecular weight is 1130 g/mol. The summed E-state index contributed by atoms with van der Waals surface area (Å²) >= 11 is 0. The summed E-state index contributed by atoms with van der Waals surface area (Å²) in [7, 11) is 6.14. The van der Waals surface area contributed by atoms with Crippen LogP contribution in [-0.4, -0.2) is 169 Å². The molecule has 22 nitrogen and oxygen atoms in total. The molecule has 1 saturated heterocycles. The number of primary amides is 1. The van der Waals surface area contributed by atoms with Crippen molar-refractivity contribution in [1.29, 1.82) is 0 Å². The van der Waals surface area contributed by atoms with Crippen molar-refractivity contribution >= 4 is 53.3 Å². The second-order valence-corrected chi connectivity index (χ2v) is 22.6. The molecule has 0 saturated carbocycles. The van der Waals surface area contributed by atoms with Crippen molar-refractivity contribution in [3.05, 3.63) is 53.6 Å². The standard InChI is InChI=1S/C58H96N10O12/c1-15-36(8)49(44(78-13)31-45(69)68-30-20-24-43(68)51(79-14)37(9)52(71)62-38(10)50(70)40-21-17-16-18-22-40)66(11)56(75)47(34(4)5)65-55(74)48(35(6)7)67(12)58(77)80-32-39-25-27-41(28-26-39)63-53(72)42(23-19-29-61-57(60)76)64-54(73)46(59)33(2)3/h17,21-22,25-28,33-38,42-44,46-51,70H,15-16,18-20,23-24,29-32,59H2,1-14H3,(H,62,71)(H,63,72)(H,64,73)(H,65,74)(H3,60,61,76)/t36-,37+,38+,42-,43-,44?,46-,47-,48-,49-,50+,51+/m0/s1. The summed E-state index contributed by atoms with van der Waals surface area (Å²) in [6, 6.07) is 0.352. The Hall–Kier alpha value is -6.10. The number of rotatable bonds is 31. The first-order chi connectivity index (χ1) is 37.7. The van der Waals surface area contributed by atoms with Crippen LogP contribution in [0.15, 0.2) is 48.1 Å². The number of hydrogen-bond donors (Lipinski definition) is 8. The van der Waals surface area contributed by atoms with Gasteiger partial charge in [0.1, 0.15) is 24.7 Å². The summed E-state index contributed by atoms with van der Waals surface area (Å²) in [5.41, 5.74) is 12.9. The molecule has 1 heterocycles. The summed E-state index contributed by atoms with van der Waals surface area (Å²) in [5.74, 6) is -4.26. The highest BCUT2D eigenvalue weighted by molar-refractivity contribution is 5.98. The number of amides is 9. The number of urea groups is 1. The maximum atomic E-state index is 14.7. The fraction of sp³-hybridized carbons (Fsp3) is 0.690. The first-order valence-electron chi connectivity index (χ1n) is 28.4. The second kappa shape index (κ2) is 33.0. The van der Waals surface area contributed by atoms with Crippen molar-refractivity contribution in [3.8, 4) is 0 Å². The van der Waals surface area contributed by atoms with Gasteiger partial charge < -0.3 is 67.2 Å². The largest absolute Gasteiger partial charge is 0.445 e. The van der Waals surface area contributed by atoms with Crippen LogP contribution < -0.4 is 38.1 Å². The maximum absolute atomic E-state index is 14.7. The van der Waals surface area contributed by atoms with Gasteiger partial charge in [-0.3, -0.25) is 33.7 Å². The van der Waals surface area contributed by atoms with Gasteiger partial charge in [-0.15, -0.1) is 0 Å². The van der Waals surface area contributed by atoms with E-state index in [1.165, 1.54) is 26.2 Å². The Morgan fingerprint density at radius 3 is 2.02 bits per heavy atom. The predicted molar refractivity (Wildman–Crippen MR) is 306 cm³/mol. The van der Waals surface area contributed by atoms with Gasteiger partial charge in [0.2, 0.25) is 35.4 Å². The van der Waals surface area contributed by atoms with E-state index in [0.717, 1.165) is 18.4 Å². The molecule has 2 aliphatic rings. The van der Waals surface area contributed by atoms with E-state index in [-0.39, 0.29) is 49.6 Å². The summed E-state index contributed by atoms with van der Waals surface area (Å²) in [6.45, 7) is 18.7. The molecule has 1 aliphatic carbocycles. The Bertz CT molecular complexity index is 2280. The van der Waals surface area contributed by atoms with Crippen molar-refractivity contribution < 1.29 is 57.7 Å². The lowest BCUT2D eigenvalue weighted by Crippen LogP contribution is -2.60. The van der Waals surface area contributed by atoms with Gasteiger partial charge in [0.05, 0.1) is 54.8 Å². The monoisotopic (exact) mass is 1120 g/mol. The van der Waals surface area contributed by atoms with Crippen LogP contribution in [-0.2, 0) is 49.6 Å². The summed E-state index contributed by atoms with van der Waals surface area (Å²) in [6.07, 6.45) is 6.94. The van der Waals surface area contributed by atoms with Crippen molar-refractivity contribution in [3.63, 3.8) is 0 Å². The van der Waals surface area contributed by atoms with E-state index in [2.05, 4.69) is 26.6 Å². The fourth-order valence-corrected chi connectivity index (χ4v) is 10.4. The lowest BCUT2D eigenvalue weighted by atomic mass is 9.89. The third kappa shape index (κ3) is 19.6. The zero-order valence-electron chi connectivity index (χ0n) is 49.9. The summed E-state index contributed by atoms with van der Waals surface area (Å²) in [4.78, 5) is 113. The number of carbonyl (C=O) groups excluding carboxylic acids is 8. The molecule has 1 aromatic rings. The van der Waals surface area contributed by atoms with E-state index in [1.54, 1.807) is 82.7 Å². The molecule has 1 unspecified atom stereocenters. The highest BCUT2D eigenvalue weighted by Crippen LogP contribution is 2.30. The normalized spacial score (nSPS) is 18.5. The van der Waals surface area contributed by atoms with Crippen LogP contribution in [0.3, 0.4) is 0 Å². The number of aliphatic hydroxyl groups is 1. The second-order valence-electron chi connectivity index (χ2n) is 22.6. The molecule has 9 amide bonds. The fourth-order valence-electron chi connectivity index (χ4n) is 10.4. The Kier molecular flexibility index (Phi) is 28.1. The van der Waals surface area contributed by atoms with Crippen LogP contribution in [0.4, 0.5) is 15.3 Å². The summed E-state index contributed by atoms with van der Waals surface area (Å²) in [5, 5.41) is 24.8. The molecule has 80 heavy (non-hydrogen) atoms. The molecule has 3 rings (SSSR count). The van der Waals surface area contributed by atoms with Gasteiger partial charge in [0.15, 0.2) is 0 Å². The van der Waals surface area contributed by atoms with Gasteiger partial charge in [-0.2, -0.15) is 0 Å². The summed E-state index contributed by atoms with van der Waals surface area (Å²) < 4.78 is 17.7. The average Bonchev–Trinajstić information content (AvgIpc) is 3.91. The van der Waals surface area contributed by atoms with Crippen molar-refractivity contribution in [1.82, 2.24) is 36.0 Å². The molecule has 22 heteroatoms. The zero-order chi connectivity index (χ0) is 60.1. The van der Waals surface area contributed by atoms with E-state index >= 15 is 0 Å². The third-order valence-electron chi connectivity index (χ3n) is 15.5. The number of nitrogens with two attached hydrogens (primary N) is 2. The van der Waals surface area contributed by atoms with Crippen LogP contribution in [0.25, 0.3) is 0 Å². The zero-order valence-corrected chi connectivity index (χ0v) is 49.9. The van der Waals surface area contributed by atoms with Crippen molar-refractivity contribution in [2.45, 2.75) is 188 Å². The number of aliphatic hydroxyl groups excluding tert-OH is 1. The smallest absolute Gasteiger partial charge is 0.410 e. The third-order valence-corrected chi connectivity index (χ3v) is 15.5. The SMILES string of the molecule is CC[C@H](C)[C@@H](C(CC(=O)N1CCC[C@H]1[C@H](OC)[C@@H](C)C(=O)N[C@H](C)[C@@H](O)C1=CCCC=C1)OC)N(C)C(=O)[C@@H](NC(=O)[C@H](C(C)C)N(C)C(=O)OCc1ccc(NC(=O)[C@H](CCCNC(N)=O)NC(=O)[C@@H](N)C(C)C)cc1)C(C)C. The minimum atomic E-state index is -1.05. The van der Waals surface area contributed by atoms with E-state index in [1.807, 2.05) is 45.9 Å². The number of likely N-dealkylation sites (N-methyl/N-ethyl adjacent to an activating group) is 2. The van der Waals surface area contributed by atoms with Crippen LogP contribution in [0, 0.1) is 29.6 Å². The number of carbonyl (C=O) groups is 8. The van der Waals surface area contributed by atoms with Gasteiger partial charge in [0, 0.05) is 47.1 Å². The molecule has 10 N–H and O–H groups in total. The first kappa shape index (κ1) is 68.2. The van der Waals surface area contributed by atoms with E-state index in [9.17, 15) is 43.5 Å². The van der Waals surface area contributed by atoms with Gasteiger partial charge >= 0.3 is 12.1 Å². The number of nitrogens with zero attached hydrogens (tertiary/aromatic N) is 3. The highest BCUT2D eigenvalue weighted by atomic mass is 16.6. The topological polar surface area (TPSA) is 306 Å². The first-order valence-corrected chi connectivity index (χ1v) is 28.4. The number of nitrogens with one attached hydrogen (secondary N) is 5. The molecule has 0 bridgehead atoms. The Labute approximate surface area is 474 Å². The Balaban J connectivity index is 1.70. The lowest BCUT2D eigenvalue weighted by Gasteiger charge is -2.41. The molecule has 1 fully saturated rings. The molecule has 0 aromatic heterocycles. The number of methoxy groups -OCH3 is 2. The van der Waals surface area contributed by atoms with Crippen LogP contribution in [0.1, 0.15) is 126 Å². The predicted octanol–water partition coefficient (Wildman–Crippen LogP) is 4.34. The van der Waals surface area contributed by atoms with Gasteiger partial charge in [-0.05, 0) is 92.4 Å². The van der Waals surface area contributed by atoms with E-state index < -0.39 is 114 Å². The Morgan fingerprint density at radius 1 is 0.812 bits per heavy atom. The molecular weight excluding hydrogens is 1030 g/mol. The Morgan fingerprint density at radius 2 is 1.48 bits per heavy atom. The lowest BCUT2D eigenvalue weighted by molar-refractivity contribution is -0.148. The van der Waals surface area contributed by atoms with Gasteiger partial charge in [-0.25, -0.2) is 9.59 Å². The molecule has 450 valence electrons. The minimum absolute atomic E-state index is 0.0692. The molecule has 1 aromatic carbocycles. The molecule has 0 spiro atoms. The van der Waals surface area contributed by atoms with Crippen LogP contribution in [0.2, 0.25) is 0 Å². The maximum Gasteiger partial charge on any atom is 0.410 e. The van der Waals surface area contributed by atoms with Gasteiger partial charge in [-0.1, -0.05) is 99.1 Å². The number of hydrogen-bond acceptors (Lipinski definition) is 13. The van der Waals surface area contributed by atoms with Crippen molar-refractivity contribution in [2.75, 3.05) is 46.7 Å². The molecular formula is C58H96N10O12. The minimum Gasteiger partial charge on any atom is -0.445 e. The van der Waals surface area contributed by atoms with Crippen LogP contribution >= 0.6 is 0 Å².